The fourth-order valence-electron chi connectivity index (χ4n) is 2.01. The third-order valence-corrected chi connectivity index (χ3v) is 4.35. The molecule has 0 saturated heterocycles. The Kier molecular flexibility index (Phi) is 5.49. The topological polar surface area (TPSA) is 98.3 Å². The fourth-order valence-corrected chi connectivity index (χ4v) is 3.13. The highest BCUT2D eigenvalue weighted by atomic mass is 32.1. The fraction of sp³-hybridized carbons (Fsp3) is 0.467. The van der Waals surface area contributed by atoms with Crippen LogP contribution in [0.1, 0.15) is 40.8 Å². The van der Waals surface area contributed by atoms with Gasteiger partial charge in [-0.2, -0.15) is 0 Å². The van der Waals surface area contributed by atoms with E-state index in [1.165, 1.54) is 0 Å². The number of unbranched alkanes of at least 4 members (excludes halogenated alkanes) is 1. The molecule has 124 valence electrons. The number of hydrogen-bond donors (Lipinski definition) is 1. The van der Waals surface area contributed by atoms with Gasteiger partial charge in [0.05, 0.1) is 12.0 Å². The molecule has 0 saturated carbocycles. The lowest BCUT2D eigenvalue weighted by atomic mass is 10.2. The van der Waals surface area contributed by atoms with Crippen molar-refractivity contribution in [3.63, 3.8) is 0 Å². The second-order valence-corrected chi connectivity index (χ2v) is 6.04. The minimum Gasteiger partial charge on any atom is -0.463 e. The summed E-state index contributed by atoms with van der Waals surface area (Å²) in [4.78, 5) is 43.1. The Labute approximate surface area is 136 Å². The number of carbonyl (C=O) groups excluding carboxylic acids is 2. The largest absolute Gasteiger partial charge is 0.463 e. The highest BCUT2D eigenvalue weighted by Gasteiger charge is 2.21. The van der Waals surface area contributed by atoms with Crippen molar-refractivity contribution in [3.8, 4) is 0 Å². The smallest absolute Gasteiger partial charge is 0.349 e. The summed E-state index contributed by atoms with van der Waals surface area (Å²) in [7, 11) is 0. The van der Waals surface area contributed by atoms with Crippen molar-refractivity contribution >= 4 is 33.5 Å². The van der Waals surface area contributed by atoms with Crippen LogP contribution in [0.2, 0.25) is 0 Å². The monoisotopic (exact) mass is 338 g/mol. The van der Waals surface area contributed by atoms with Crippen LogP contribution in [-0.2, 0) is 14.3 Å². The second-order valence-electron chi connectivity index (χ2n) is 5.04. The van der Waals surface area contributed by atoms with Crippen LogP contribution in [0, 0.1) is 13.8 Å². The SMILES string of the molecule is CCCCOC(=O)COC(=O)c1sc2nc(C)[nH]c(=O)c2c1C. The summed E-state index contributed by atoms with van der Waals surface area (Å²) in [5.74, 6) is -0.768. The number of esters is 2. The molecular weight excluding hydrogens is 320 g/mol. The first-order valence-corrected chi connectivity index (χ1v) is 8.08. The molecule has 0 fully saturated rings. The van der Waals surface area contributed by atoms with Gasteiger partial charge >= 0.3 is 11.9 Å². The van der Waals surface area contributed by atoms with E-state index in [9.17, 15) is 14.4 Å². The van der Waals surface area contributed by atoms with Gasteiger partial charge in [0.15, 0.2) is 6.61 Å². The molecule has 0 atom stereocenters. The van der Waals surface area contributed by atoms with Crippen molar-refractivity contribution in [1.29, 1.82) is 0 Å². The molecule has 0 aromatic carbocycles. The molecule has 0 aliphatic heterocycles. The van der Waals surface area contributed by atoms with Crippen molar-refractivity contribution < 1.29 is 19.1 Å². The zero-order chi connectivity index (χ0) is 17.0. The molecule has 0 amide bonds. The van der Waals surface area contributed by atoms with E-state index in [2.05, 4.69) is 9.97 Å². The maximum absolute atomic E-state index is 12.1. The Morgan fingerprint density at radius 3 is 2.70 bits per heavy atom. The van der Waals surface area contributed by atoms with Gasteiger partial charge in [0.25, 0.3) is 5.56 Å². The summed E-state index contributed by atoms with van der Waals surface area (Å²) >= 11 is 1.08. The summed E-state index contributed by atoms with van der Waals surface area (Å²) in [6, 6.07) is 0. The Morgan fingerprint density at radius 1 is 1.26 bits per heavy atom. The Morgan fingerprint density at radius 2 is 2.00 bits per heavy atom. The Hall–Kier alpha value is -2.22. The summed E-state index contributed by atoms with van der Waals surface area (Å²) in [6.07, 6.45) is 1.68. The van der Waals surface area contributed by atoms with Gasteiger partial charge < -0.3 is 14.5 Å². The number of carbonyl (C=O) groups is 2. The molecule has 0 aliphatic carbocycles. The van der Waals surface area contributed by atoms with E-state index in [-0.39, 0.29) is 10.4 Å². The summed E-state index contributed by atoms with van der Waals surface area (Å²) in [5, 5.41) is 0.373. The Bertz CT molecular complexity index is 793. The number of aromatic nitrogens is 2. The van der Waals surface area contributed by atoms with E-state index in [1.54, 1.807) is 13.8 Å². The maximum atomic E-state index is 12.1. The first-order valence-electron chi connectivity index (χ1n) is 7.26. The zero-order valence-corrected chi connectivity index (χ0v) is 14.0. The number of nitrogens with zero attached hydrogens (tertiary/aromatic N) is 1. The molecule has 2 rings (SSSR count). The van der Waals surface area contributed by atoms with Crippen molar-refractivity contribution in [1.82, 2.24) is 9.97 Å². The van der Waals surface area contributed by atoms with Crippen LogP contribution in [0.5, 0.6) is 0 Å². The molecule has 2 heterocycles. The summed E-state index contributed by atoms with van der Waals surface area (Å²) in [5.41, 5.74) is 0.211. The number of aryl methyl sites for hydroxylation is 2. The van der Waals surface area contributed by atoms with Crippen molar-refractivity contribution in [2.24, 2.45) is 0 Å². The molecular formula is C15H18N2O5S. The van der Waals surface area contributed by atoms with Crippen LogP contribution in [0.3, 0.4) is 0 Å². The van der Waals surface area contributed by atoms with E-state index in [1.807, 2.05) is 6.92 Å². The van der Waals surface area contributed by atoms with E-state index in [4.69, 9.17) is 9.47 Å². The zero-order valence-electron chi connectivity index (χ0n) is 13.2. The van der Waals surface area contributed by atoms with Gasteiger partial charge in [-0.1, -0.05) is 13.3 Å². The Balaban J connectivity index is 2.10. The lowest BCUT2D eigenvalue weighted by Crippen LogP contribution is -2.17. The van der Waals surface area contributed by atoms with E-state index < -0.39 is 18.5 Å². The number of thiophene rings is 1. The third kappa shape index (κ3) is 3.95. The van der Waals surface area contributed by atoms with Crippen molar-refractivity contribution in [2.75, 3.05) is 13.2 Å². The van der Waals surface area contributed by atoms with Gasteiger partial charge in [0.2, 0.25) is 0 Å². The molecule has 0 radical (unpaired) electrons. The highest BCUT2D eigenvalue weighted by Crippen LogP contribution is 2.27. The average Bonchev–Trinajstić information content (AvgIpc) is 2.82. The molecule has 0 spiro atoms. The third-order valence-electron chi connectivity index (χ3n) is 3.19. The van der Waals surface area contributed by atoms with Crippen LogP contribution >= 0.6 is 11.3 Å². The van der Waals surface area contributed by atoms with Crippen LogP contribution in [0.15, 0.2) is 4.79 Å². The normalized spacial score (nSPS) is 10.7. The van der Waals surface area contributed by atoms with Crippen LogP contribution in [0.4, 0.5) is 0 Å². The van der Waals surface area contributed by atoms with Gasteiger partial charge in [-0.25, -0.2) is 14.6 Å². The molecule has 2 aromatic rings. The molecule has 0 aliphatic rings. The number of hydrogen-bond acceptors (Lipinski definition) is 7. The standard InChI is InChI=1S/C15H18N2O5S/c1-4-5-6-21-10(18)7-22-15(20)12-8(2)11-13(19)16-9(3)17-14(11)23-12/h4-7H2,1-3H3,(H,16,17,19). The van der Waals surface area contributed by atoms with Crippen LogP contribution in [-0.4, -0.2) is 35.1 Å². The molecule has 2 aromatic heterocycles. The average molecular weight is 338 g/mol. The second kappa shape index (κ2) is 7.36. The number of ether oxygens (including phenoxy) is 2. The van der Waals surface area contributed by atoms with Crippen LogP contribution in [0.25, 0.3) is 10.2 Å². The number of nitrogens with one attached hydrogen (secondary N) is 1. The van der Waals surface area contributed by atoms with Gasteiger partial charge in [-0.3, -0.25) is 4.79 Å². The summed E-state index contributed by atoms with van der Waals surface area (Å²) < 4.78 is 9.87. The van der Waals surface area contributed by atoms with Gasteiger partial charge in [-0.05, 0) is 25.8 Å². The van der Waals surface area contributed by atoms with E-state index >= 15 is 0 Å². The first kappa shape index (κ1) is 17.1. The molecule has 8 heteroatoms. The van der Waals surface area contributed by atoms with Gasteiger partial charge in [0, 0.05) is 0 Å². The van der Waals surface area contributed by atoms with E-state index in [0.29, 0.717) is 28.2 Å². The molecule has 0 unspecified atom stereocenters. The minimum atomic E-state index is -0.657. The first-order chi connectivity index (χ1) is 10.9. The lowest BCUT2D eigenvalue weighted by molar-refractivity contribution is -0.147. The number of aromatic amines is 1. The molecule has 7 nitrogen and oxygen atoms in total. The predicted octanol–water partition coefficient (Wildman–Crippen LogP) is 2.10. The van der Waals surface area contributed by atoms with Gasteiger partial charge in [-0.15, -0.1) is 11.3 Å². The number of H-pyrrole nitrogens is 1. The van der Waals surface area contributed by atoms with Gasteiger partial charge in [0.1, 0.15) is 15.5 Å². The number of rotatable bonds is 6. The molecule has 23 heavy (non-hydrogen) atoms. The number of fused-ring (bicyclic) bond motifs is 1. The lowest BCUT2D eigenvalue weighted by Gasteiger charge is -2.05. The molecule has 1 N–H and O–H groups in total. The quantitative estimate of drug-likeness (QED) is 0.640. The highest BCUT2D eigenvalue weighted by molar-refractivity contribution is 7.20. The summed E-state index contributed by atoms with van der Waals surface area (Å²) in [6.45, 7) is 5.17. The van der Waals surface area contributed by atoms with Crippen LogP contribution < -0.4 is 5.56 Å². The van der Waals surface area contributed by atoms with E-state index in [0.717, 1.165) is 24.2 Å². The van der Waals surface area contributed by atoms with Crippen molar-refractivity contribution in [3.05, 3.63) is 26.6 Å². The predicted molar refractivity (Wildman–Crippen MR) is 85.9 cm³/mol. The molecule has 0 bridgehead atoms. The maximum Gasteiger partial charge on any atom is 0.349 e. The minimum absolute atomic E-state index is 0.268. The van der Waals surface area contributed by atoms with Crippen molar-refractivity contribution in [2.45, 2.75) is 33.6 Å².